The Bertz CT molecular complexity index is 560. The van der Waals surface area contributed by atoms with E-state index in [0.29, 0.717) is 16.1 Å². The molecule has 1 amide bonds. The molecule has 0 heterocycles. The SMILES string of the molecule is CSCC(C)N(C)C(=O)c1ccc(/C=C/C(=O)O)c(Cl)c1. The Morgan fingerprint density at radius 1 is 1.48 bits per heavy atom. The Morgan fingerprint density at radius 3 is 2.67 bits per heavy atom. The predicted octanol–water partition coefficient (Wildman–Crippen LogP) is 3.26. The summed E-state index contributed by atoms with van der Waals surface area (Å²) in [5.74, 6) is -0.292. The summed E-state index contributed by atoms with van der Waals surface area (Å²) in [7, 11) is 1.76. The Morgan fingerprint density at radius 2 is 2.14 bits per heavy atom. The van der Waals surface area contributed by atoms with E-state index in [1.807, 2.05) is 13.2 Å². The summed E-state index contributed by atoms with van der Waals surface area (Å²) >= 11 is 7.76. The van der Waals surface area contributed by atoms with Gasteiger partial charge in [0.1, 0.15) is 0 Å². The number of hydrogen-bond donors (Lipinski definition) is 1. The summed E-state index contributed by atoms with van der Waals surface area (Å²) in [6.45, 7) is 1.99. The molecular formula is C15H18ClNO3S. The molecule has 21 heavy (non-hydrogen) atoms. The van der Waals surface area contributed by atoms with Crippen LogP contribution in [0, 0.1) is 0 Å². The van der Waals surface area contributed by atoms with Crippen molar-refractivity contribution >= 4 is 41.3 Å². The lowest BCUT2D eigenvalue weighted by molar-refractivity contribution is -0.131. The summed E-state index contributed by atoms with van der Waals surface area (Å²) in [5.41, 5.74) is 1.05. The predicted molar refractivity (Wildman–Crippen MR) is 88.1 cm³/mol. The standard InChI is InChI=1S/C15H18ClNO3S/c1-10(9-21-3)17(2)15(20)12-5-4-11(13(16)8-12)6-7-14(18)19/h4-8,10H,9H2,1-3H3,(H,18,19)/b7-6+. The van der Waals surface area contributed by atoms with Gasteiger partial charge in [-0.3, -0.25) is 4.79 Å². The van der Waals surface area contributed by atoms with Crippen molar-refractivity contribution in [2.45, 2.75) is 13.0 Å². The summed E-state index contributed by atoms with van der Waals surface area (Å²) in [6.07, 6.45) is 4.41. The van der Waals surface area contributed by atoms with Gasteiger partial charge in [0.2, 0.25) is 0 Å². The van der Waals surface area contributed by atoms with E-state index in [2.05, 4.69) is 0 Å². The maximum atomic E-state index is 12.3. The first-order valence-corrected chi connectivity index (χ1v) is 8.10. The zero-order valence-electron chi connectivity index (χ0n) is 12.2. The van der Waals surface area contributed by atoms with E-state index >= 15 is 0 Å². The van der Waals surface area contributed by atoms with Crippen LogP contribution in [0.4, 0.5) is 0 Å². The minimum absolute atomic E-state index is 0.104. The van der Waals surface area contributed by atoms with Gasteiger partial charge >= 0.3 is 5.97 Å². The summed E-state index contributed by atoms with van der Waals surface area (Å²) in [6, 6.07) is 4.98. The van der Waals surface area contributed by atoms with Crippen molar-refractivity contribution in [3.05, 3.63) is 40.4 Å². The minimum Gasteiger partial charge on any atom is -0.478 e. The molecular weight excluding hydrogens is 310 g/mol. The van der Waals surface area contributed by atoms with Crippen LogP contribution in [0.1, 0.15) is 22.8 Å². The van der Waals surface area contributed by atoms with Crippen molar-refractivity contribution in [2.75, 3.05) is 19.1 Å². The normalized spacial score (nSPS) is 12.4. The number of carboxylic acids is 1. The lowest BCUT2D eigenvalue weighted by Gasteiger charge is -2.24. The van der Waals surface area contributed by atoms with Crippen LogP contribution in [0.15, 0.2) is 24.3 Å². The van der Waals surface area contributed by atoms with Crippen molar-refractivity contribution in [2.24, 2.45) is 0 Å². The number of carboxylic acid groups (broad SMARTS) is 1. The Kier molecular flexibility index (Phi) is 6.78. The lowest BCUT2D eigenvalue weighted by Crippen LogP contribution is -2.36. The molecule has 0 saturated heterocycles. The number of carbonyl (C=O) groups is 2. The van der Waals surface area contributed by atoms with Gasteiger partial charge < -0.3 is 10.0 Å². The van der Waals surface area contributed by atoms with Gasteiger partial charge in [-0.2, -0.15) is 11.8 Å². The third-order valence-electron chi connectivity index (χ3n) is 3.04. The van der Waals surface area contributed by atoms with Crippen molar-refractivity contribution < 1.29 is 14.7 Å². The van der Waals surface area contributed by atoms with Gasteiger partial charge in [-0.25, -0.2) is 4.79 Å². The highest BCUT2D eigenvalue weighted by molar-refractivity contribution is 7.98. The molecule has 114 valence electrons. The first kappa shape index (κ1) is 17.6. The van der Waals surface area contributed by atoms with Gasteiger partial charge in [0.15, 0.2) is 0 Å². The molecule has 0 saturated carbocycles. The van der Waals surface area contributed by atoms with Gasteiger partial charge in [-0.1, -0.05) is 17.7 Å². The first-order chi connectivity index (χ1) is 9.86. The van der Waals surface area contributed by atoms with E-state index in [4.69, 9.17) is 16.7 Å². The molecule has 0 fully saturated rings. The highest BCUT2D eigenvalue weighted by Gasteiger charge is 2.17. The maximum Gasteiger partial charge on any atom is 0.328 e. The number of aliphatic carboxylic acids is 1. The quantitative estimate of drug-likeness (QED) is 0.815. The Hall–Kier alpha value is -1.46. The zero-order chi connectivity index (χ0) is 16.0. The topological polar surface area (TPSA) is 57.6 Å². The molecule has 1 rings (SSSR count). The fraction of sp³-hybridized carbons (Fsp3) is 0.333. The van der Waals surface area contributed by atoms with Crippen molar-refractivity contribution in [3.63, 3.8) is 0 Å². The molecule has 4 nitrogen and oxygen atoms in total. The van der Waals surface area contributed by atoms with Crippen LogP contribution >= 0.6 is 23.4 Å². The highest BCUT2D eigenvalue weighted by atomic mass is 35.5. The number of amides is 1. The van der Waals surface area contributed by atoms with E-state index in [1.165, 1.54) is 6.08 Å². The van der Waals surface area contributed by atoms with Crippen molar-refractivity contribution in [1.29, 1.82) is 0 Å². The second-order valence-corrected chi connectivity index (χ2v) is 5.95. The molecule has 1 aromatic carbocycles. The van der Waals surface area contributed by atoms with Gasteiger partial charge in [0.05, 0.1) is 0 Å². The monoisotopic (exact) mass is 327 g/mol. The molecule has 6 heteroatoms. The molecule has 1 N–H and O–H groups in total. The fourth-order valence-corrected chi connectivity index (χ4v) is 2.66. The Balaban J connectivity index is 2.93. The molecule has 0 aliphatic heterocycles. The molecule has 0 radical (unpaired) electrons. The van der Waals surface area contributed by atoms with Crippen LogP contribution in [0.5, 0.6) is 0 Å². The number of hydrogen-bond acceptors (Lipinski definition) is 3. The summed E-state index contributed by atoms with van der Waals surface area (Å²) < 4.78 is 0. The average Bonchev–Trinajstić information content (AvgIpc) is 2.44. The second-order valence-electron chi connectivity index (χ2n) is 4.63. The molecule has 0 bridgehead atoms. The zero-order valence-corrected chi connectivity index (χ0v) is 13.7. The third-order valence-corrected chi connectivity index (χ3v) is 4.19. The molecule has 0 aliphatic carbocycles. The van der Waals surface area contributed by atoms with Crippen LogP contribution in [-0.4, -0.2) is 47.0 Å². The maximum absolute atomic E-state index is 12.3. The van der Waals surface area contributed by atoms with Crippen molar-refractivity contribution in [3.8, 4) is 0 Å². The number of halogens is 1. The average molecular weight is 328 g/mol. The molecule has 0 aromatic heterocycles. The van der Waals surface area contributed by atoms with Gasteiger partial charge in [0, 0.05) is 35.5 Å². The first-order valence-electron chi connectivity index (χ1n) is 6.33. The molecule has 0 aliphatic rings. The molecule has 1 atom stereocenters. The minimum atomic E-state index is -1.04. The van der Waals surface area contributed by atoms with E-state index in [-0.39, 0.29) is 11.9 Å². The van der Waals surface area contributed by atoms with Crippen LogP contribution in [0.25, 0.3) is 6.08 Å². The number of benzene rings is 1. The number of nitrogens with zero attached hydrogens (tertiary/aromatic N) is 1. The second kappa shape index (κ2) is 8.10. The fourth-order valence-electron chi connectivity index (χ4n) is 1.71. The van der Waals surface area contributed by atoms with E-state index in [0.717, 1.165) is 11.8 Å². The smallest absolute Gasteiger partial charge is 0.328 e. The number of thioether (sulfide) groups is 1. The number of rotatable bonds is 6. The van der Waals surface area contributed by atoms with Gasteiger partial charge in [0.25, 0.3) is 5.91 Å². The third kappa shape index (κ3) is 5.10. The largest absolute Gasteiger partial charge is 0.478 e. The van der Waals surface area contributed by atoms with Crippen LogP contribution < -0.4 is 0 Å². The van der Waals surface area contributed by atoms with E-state index < -0.39 is 5.97 Å². The summed E-state index contributed by atoms with van der Waals surface area (Å²) in [4.78, 5) is 24.5. The highest BCUT2D eigenvalue weighted by Crippen LogP contribution is 2.21. The van der Waals surface area contributed by atoms with Crippen LogP contribution in [-0.2, 0) is 4.79 Å². The van der Waals surface area contributed by atoms with Crippen LogP contribution in [0.2, 0.25) is 5.02 Å². The number of carbonyl (C=O) groups excluding carboxylic acids is 1. The van der Waals surface area contributed by atoms with Gasteiger partial charge in [-0.15, -0.1) is 0 Å². The van der Waals surface area contributed by atoms with Crippen LogP contribution in [0.3, 0.4) is 0 Å². The lowest BCUT2D eigenvalue weighted by atomic mass is 10.1. The van der Waals surface area contributed by atoms with Gasteiger partial charge in [-0.05, 0) is 37.0 Å². The Labute approximate surface area is 133 Å². The van der Waals surface area contributed by atoms with E-state index in [1.54, 1.807) is 41.9 Å². The molecule has 0 spiro atoms. The molecule has 1 unspecified atom stereocenters. The van der Waals surface area contributed by atoms with Crippen molar-refractivity contribution in [1.82, 2.24) is 4.90 Å². The van der Waals surface area contributed by atoms with E-state index in [9.17, 15) is 9.59 Å². The molecule has 1 aromatic rings. The summed E-state index contributed by atoms with van der Waals surface area (Å²) in [5, 5.41) is 8.95.